The first-order valence-corrected chi connectivity index (χ1v) is 2.75. The van der Waals surface area contributed by atoms with E-state index < -0.39 is 0 Å². The second-order valence-electron chi connectivity index (χ2n) is 0.746. The fourth-order valence-electron chi connectivity index (χ4n) is 0.0962. The standard InChI is InChI=1S/C3H7IO2/c1-5-3(4)6-2/h3H,1-2H3. The van der Waals surface area contributed by atoms with E-state index in [9.17, 15) is 0 Å². The average Bonchev–Trinajstić information content (AvgIpc) is 1.65. The lowest BCUT2D eigenvalue weighted by molar-refractivity contribution is -0.0207. The molecule has 0 aliphatic heterocycles. The van der Waals surface area contributed by atoms with Crippen molar-refractivity contribution < 1.29 is 9.47 Å². The Kier molecular flexibility index (Phi) is 4.24. The molecule has 0 aromatic rings. The van der Waals surface area contributed by atoms with Crippen molar-refractivity contribution in [3.63, 3.8) is 0 Å². The van der Waals surface area contributed by atoms with E-state index in [1.807, 2.05) is 22.6 Å². The molecule has 0 atom stereocenters. The average molecular weight is 202 g/mol. The van der Waals surface area contributed by atoms with Crippen molar-refractivity contribution in [1.29, 1.82) is 0 Å². The summed E-state index contributed by atoms with van der Waals surface area (Å²) in [5.41, 5.74) is 0. The van der Waals surface area contributed by atoms with Gasteiger partial charge in [-0.2, -0.15) is 0 Å². The van der Waals surface area contributed by atoms with Gasteiger partial charge in [0.05, 0.1) is 0 Å². The van der Waals surface area contributed by atoms with Gasteiger partial charge in [0.2, 0.25) is 4.30 Å². The number of halogens is 1. The molecule has 0 aromatic carbocycles. The summed E-state index contributed by atoms with van der Waals surface area (Å²) in [6.45, 7) is 0. The highest BCUT2D eigenvalue weighted by Crippen LogP contribution is 1.98. The van der Waals surface area contributed by atoms with Crippen molar-refractivity contribution in [2.75, 3.05) is 14.2 Å². The van der Waals surface area contributed by atoms with Crippen molar-refractivity contribution in [2.45, 2.75) is 4.30 Å². The van der Waals surface area contributed by atoms with Crippen molar-refractivity contribution in [3.8, 4) is 0 Å². The number of hydrogen-bond donors (Lipinski definition) is 0. The largest absolute Gasteiger partial charge is 0.347 e. The molecule has 0 aliphatic rings. The minimum atomic E-state index is -0.0948. The van der Waals surface area contributed by atoms with Crippen LogP contribution in [0.25, 0.3) is 0 Å². The molecule has 0 aromatic heterocycles. The Hall–Kier alpha value is 0.650. The van der Waals surface area contributed by atoms with Crippen molar-refractivity contribution in [1.82, 2.24) is 0 Å². The SMILES string of the molecule is COC(I)OC. The summed E-state index contributed by atoms with van der Waals surface area (Å²) in [5.74, 6) is 0. The Morgan fingerprint density at radius 2 is 1.67 bits per heavy atom. The Morgan fingerprint density at radius 1 is 1.33 bits per heavy atom. The van der Waals surface area contributed by atoms with E-state index in [1.54, 1.807) is 14.2 Å². The molecule has 0 rings (SSSR count). The highest BCUT2D eigenvalue weighted by molar-refractivity contribution is 14.1. The molecule has 38 valence electrons. The molecule has 0 unspecified atom stereocenters. The molecular weight excluding hydrogens is 195 g/mol. The van der Waals surface area contributed by atoms with E-state index in [-0.39, 0.29) is 4.30 Å². The van der Waals surface area contributed by atoms with Gasteiger partial charge in [-0.1, -0.05) is 0 Å². The predicted molar refractivity (Wildman–Crippen MR) is 31.8 cm³/mol. The zero-order valence-electron chi connectivity index (χ0n) is 3.77. The Morgan fingerprint density at radius 3 is 1.67 bits per heavy atom. The van der Waals surface area contributed by atoms with Gasteiger partial charge in [0.15, 0.2) is 0 Å². The molecule has 0 radical (unpaired) electrons. The molecule has 0 aliphatic carbocycles. The van der Waals surface area contributed by atoms with E-state index in [4.69, 9.17) is 0 Å². The van der Waals surface area contributed by atoms with Gasteiger partial charge in [0, 0.05) is 14.2 Å². The summed E-state index contributed by atoms with van der Waals surface area (Å²) in [4.78, 5) is 0. The first-order chi connectivity index (χ1) is 2.81. The van der Waals surface area contributed by atoms with Crippen molar-refractivity contribution in [2.24, 2.45) is 0 Å². The predicted octanol–water partition coefficient (Wildman–Crippen LogP) is 0.998. The van der Waals surface area contributed by atoms with E-state index in [1.165, 1.54) is 0 Å². The molecule has 0 amide bonds. The summed E-state index contributed by atoms with van der Waals surface area (Å²) in [5, 5.41) is 0. The molecule has 2 nitrogen and oxygen atoms in total. The van der Waals surface area contributed by atoms with Gasteiger partial charge in [-0.15, -0.1) is 0 Å². The first kappa shape index (κ1) is 6.65. The Bertz CT molecular complexity index is 28.0. The Labute approximate surface area is 51.0 Å². The van der Waals surface area contributed by atoms with Crippen LogP contribution in [0.5, 0.6) is 0 Å². The lowest BCUT2D eigenvalue weighted by Gasteiger charge is -2.00. The molecule has 0 bridgehead atoms. The number of alkyl halides is 1. The molecular formula is C3H7IO2. The van der Waals surface area contributed by atoms with Gasteiger partial charge in [-0.3, -0.25) is 0 Å². The second-order valence-corrected chi connectivity index (χ2v) is 1.76. The second kappa shape index (κ2) is 3.83. The highest BCUT2D eigenvalue weighted by atomic mass is 127. The number of rotatable bonds is 2. The molecule has 0 heterocycles. The number of ether oxygens (including phenoxy) is 2. The van der Waals surface area contributed by atoms with Gasteiger partial charge in [0.25, 0.3) is 0 Å². The van der Waals surface area contributed by atoms with Gasteiger partial charge in [-0.25, -0.2) is 0 Å². The van der Waals surface area contributed by atoms with Crippen LogP contribution in [0, 0.1) is 0 Å². The quantitative estimate of drug-likeness (QED) is 0.377. The normalized spacial score (nSPS) is 10.0. The summed E-state index contributed by atoms with van der Waals surface area (Å²) >= 11 is 2.03. The summed E-state index contributed by atoms with van der Waals surface area (Å²) in [6, 6.07) is 0. The molecule has 6 heavy (non-hydrogen) atoms. The van der Waals surface area contributed by atoms with Gasteiger partial charge >= 0.3 is 0 Å². The van der Waals surface area contributed by atoms with Gasteiger partial charge in [-0.05, 0) is 22.6 Å². The monoisotopic (exact) mass is 202 g/mol. The fourth-order valence-corrected chi connectivity index (χ4v) is 0.0962. The zero-order chi connectivity index (χ0) is 4.99. The third-order valence-corrected chi connectivity index (χ3v) is 1.39. The molecule has 0 saturated carbocycles. The summed E-state index contributed by atoms with van der Waals surface area (Å²) in [6.07, 6.45) is 0. The topological polar surface area (TPSA) is 18.5 Å². The molecule has 0 fully saturated rings. The van der Waals surface area contributed by atoms with E-state index >= 15 is 0 Å². The zero-order valence-corrected chi connectivity index (χ0v) is 5.93. The van der Waals surface area contributed by atoms with Crippen LogP contribution in [-0.4, -0.2) is 18.5 Å². The third kappa shape index (κ3) is 2.87. The van der Waals surface area contributed by atoms with Crippen LogP contribution in [0.4, 0.5) is 0 Å². The van der Waals surface area contributed by atoms with Crippen LogP contribution in [0.15, 0.2) is 0 Å². The van der Waals surface area contributed by atoms with E-state index in [2.05, 4.69) is 9.47 Å². The molecule has 0 N–H and O–H groups in total. The summed E-state index contributed by atoms with van der Waals surface area (Å²) in [7, 11) is 3.20. The van der Waals surface area contributed by atoms with E-state index in [0.29, 0.717) is 0 Å². The molecule has 0 spiro atoms. The molecule has 0 saturated heterocycles. The maximum Gasteiger partial charge on any atom is 0.209 e. The van der Waals surface area contributed by atoms with Crippen LogP contribution >= 0.6 is 22.6 Å². The minimum Gasteiger partial charge on any atom is -0.347 e. The summed E-state index contributed by atoms with van der Waals surface area (Å²) < 4.78 is 9.23. The van der Waals surface area contributed by atoms with E-state index in [0.717, 1.165) is 0 Å². The smallest absolute Gasteiger partial charge is 0.209 e. The van der Waals surface area contributed by atoms with Gasteiger partial charge in [0.1, 0.15) is 0 Å². The molecule has 3 heteroatoms. The third-order valence-electron chi connectivity index (χ3n) is 0.371. The van der Waals surface area contributed by atoms with Crippen molar-refractivity contribution in [3.05, 3.63) is 0 Å². The lowest BCUT2D eigenvalue weighted by Crippen LogP contribution is -2.00. The maximum absolute atomic E-state index is 4.66. The van der Waals surface area contributed by atoms with Crippen LogP contribution in [0.1, 0.15) is 0 Å². The highest BCUT2D eigenvalue weighted by Gasteiger charge is 1.90. The fraction of sp³-hybridized carbons (Fsp3) is 1.00. The van der Waals surface area contributed by atoms with Gasteiger partial charge < -0.3 is 9.47 Å². The van der Waals surface area contributed by atoms with Crippen LogP contribution in [-0.2, 0) is 9.47 Å². The minimum absolute atomic E-state index is 0.0948. The number of methoxy groups -OCH3 is 2. The van der Waals surface area contributed by atoms with Crippen LogP contribution < -0.4 is 0 Å². The maximum atomic E-state index is 4.66. The lowest BCUT2D eigenvalue weighted by atomic mass is 11.4. The van der Waals surface area contributed by atoms with Crippen molar-refractivity contribution >= 4 is 22.6 Å². The first-order valence-electron chi connectivity index (χ1n) is 1.51. The Balaban J connectivity index is 2.75. The number of hydrogen-bond acceptors (Lipinski definition) is 2. The van der Waals surface area contributed by atoms with Crippen LogP contribution in [0.3, 0.4) is 0 Å². The van der Waals surface area contributed by atoms with Crippen LogP contribution in [0.2, 0.25) is 0 Å².